The summed E-state index contributed by atoms with van der Waals surface area (Å²) < 4.78 is 26.7. The largest absolute Gasteiger partial charge is 0.216 e. The molecule has 0 atom stereocenters. The van der Waals surface area contributed by atoms with Crippen molar-refractivity contribution in [2.24, 2.45) is 0 Å². The minimum atomic E-state index is -3.18. The van der Waals surface area contributed by atoms with Gasteiger partial charge in [0.2, 0.25) is 10.0 Å². The van der Waals surface area contributed by atoms with E-state index in [1.54, 1.807) is 0 Å². The molecule has 0 spiro atoms. The van der Waals surface area contributed by atoms with Gasteiger partial charge in [0.05, 0.1) is 5.75 Å². The highest BCUT2D eigenvalue weighted by molar-refractivity contribution is 7.88. The van der Waals surface area contributed by atoms with E-state index in [-0.39, 0.29) is 11.8 Å². The maximum Gasteiger partial charge on any atom is 0.216 e. The van der Waals surface area contributed by atoms with Crippen molar-refractivity contribution in [1.29, 1.82) is 0 Å². The second-order valence-electron chi connectivity index (χ2n) is 4.85. The zero-order valence-electron chi connectivity index (χ0n) is 10.1. The van der Waals surface area contributed by atoms with Gasteiger partial charge < -0.3 is 0 Å². The lowest BCUT2D eigenvalue weighted by molar-refractivity contribution is 0.551. The second-order valence-corrected chi connectivity index (χ2v) is 6.60. The van der Waals surface area contributed by atoms with Crippen molar-refractivity contribution in [3.8, 4) is 0 Å². The standard InChI is InChI=1S/C13H19NO2S/c1-11-5-4-6-12(9-11)10-17(15,16)14-13-7-2-3-8-13/h4-6,9,13-14H,2-3,7-8,10H2,1H3. The maximum absolute atomic E-state index is 12.0. The summed E-state index contributed by atoms with van der Waals surface area (Å²) in [5, 5.41) is 0. The summed E-state index contributed by atoms with van der Waals surface area (Å²) in [4.78, 5) is 0. The molecule has 1 aliphatic carbocycles. The number of benzene rings is 1. The molecule has 0 unspecified atom stereocenters. The van der Waals surface area contributed by atoms with Gasteiger partial charge in [0.25, 0.3) is 0 Å². The lowest BCUT2D eigenvalue weighted by Gasteiger charge is -2.12. The summed E-state index contributed by atoms with van der Waals surface area (Å²) in [6.45, 7) is 1.97. The molecule has 17 heavy (non-hydrogen) atoms. The molecule has 4 heteroatoms. The SMILES string of the molecule is Cc1cccc(CS(=O)(=O)NC2CCCC2)c1. The Labute approximate surface area is 103 Å². The van der Waals surface area contributed by atoms with E-state index in [0.717, 1.165) is 36.8 Å². The number of aryl methyl sites for hydroxylation is 1. The molecule has 0 saturated heterocycles. The zero-order valence-corrected chi connectivity index (χ0v) is 11.0. The van der Waals surface area contributed by atoms with Crippen LogP contribution in [0.5, 0.6) is 0 Å². The van der Waals surface area contributed by atoms with Crippen molar-refractivity contribution in [2.45, 2.75) is 44.4 Å². The Kier molecular flexibility index (Phi) is 3.84. The van der Waals surface area contributed by atoms with Crippen molar-refractivity contribution >= 4 is 10.0 Å². The summed E-state index contributed by atoms with van der Waals surface area (Å²) in [7, 11) is -3.18. The first kappa shape index (κ1) is 12.6. The molecule has 1 N–H and O–H groups in total. The van der Waals surface area contributed by atoms with Crippen LogP contribution in [0.3, 0.4) is 0 Å². The van der Waals surface area contributed by atoms with E-state index in [4.69, 9.17) is 0 Å². The molecule has 0 amide bonds. The lowest BCUT2D eigenvalue weighted by atomic mass is 10.2. The molecule has 0 heterocycles. The van der Waals surface area contributed by atoms with Crippen LogP contribution in [-0.2, 0) is 15.8 Å². The van der Waals surface area contributed by atoms with E-state index in [9.17, 15) is 8.42 Å². The highest BCUT2D eigenvalue weighted by Gasteiger charge is 2.21. The van der Waals surface area contributed by atoms with Crippen LogP contribution >= 0.6 is 0 Å². The van der Waals surface area contributed by atoms with Gasteiger partial charge in [-0.3, -0.25) is 0 Å². The molecule has 0 aromatic heterocycles. The van der Waals surface area contributed by atoms with Crippen LogP contribution in [0, 0.1) is 6.92 Å². The van der Waals surface area contributed by atoms with Crippen molar-refractivity contribution in [2.75, 3.05) is 0 Å². The third-order valence-corrected chi connectivity index (χ3v) is 4.55. The normalized spacial score (nSPS) is 17.5. The van der Waals surface area contributed by atoms with Crippen LogP contribution in [0.1, 0.15) is 36.8 Å². The van der Waals surface area contributed by atoms with Crippen LogP contribution in [0.4, 0.5) is 0 Å². The average molecular weight is 253 g/mol. The van der Waals surface area contributed by atoms with Crippen molar-refractivity contribution in [1.82, 2.24) is 4.72 Å². The van der Waals surface area contributed by atoms with Gasteiger partial charge in [0.15, 0.2) is 0 Å². The molecular weight excluding hydrogens is 234 g/mol. The van der Waals surface area contributed by atoms with E-state index in [1.165, 1.54) is 0 Å². The van der Waals surface area contributed by atoms with Crippen molar-refractivity contribution in [3.05, 3.63) is 35.4 Å². The number of nitrogens with one attached hydrogen (secondary N) is 1. The third kappa shape index (κ3) is 3.82. The summed E-state index contributed by atoms with van der Waals surface area (Å²) >= 11 is 0. The number of sulfonamides is 1. The van der Waals surface area contributed by atoms with Gasteiger partial charge in [-0.25, -0.2) is 13.1 Å². The van der Waals surface area contributed by atoms with Crippen LogP contribution in [0.25, 0.3) is 0 Å². The van der Waals surface area contributed by atoms with Crippen LogP contribution in [0.2, 0.25) is 0 Å². The number of rotatable bonds is 4. The number of hydrogen-bond acceptors (Lipinski definition) is 2. The van der Waals surface area contributed by atoms with Gasteiger partial charge >= 0.3 is 0 Å². The highest BCUT2D eigenvalue weighted by atomic mass is 32.2. The zero-order chi connectivity index (χ0) is 12.3. The van der Waals surface area contributed by atoms with Crippen molar-refractivity contribution in [3.63, 3.8) is 0 Å². The predicted molar refractivity (Wildman–Crippen MR) is 69.2 cm³/mol. The van der Waals surface area contributed by atoms with E-state index in [0.29, 0.717) is 0 Å². The quantitative estimate of drug-likeness (QED) is 0.895. The molecule has 2 rings (SSSR count). The third-order valence-electron chi connectivity index (χ3n) is 3.14. The summed E-state index contributed by atoms with van der Waals surface area (Å²) in [6.07, 6.45) is 4.23. The molecule has 1 aromatic rings. The fourth-order valence-electron chi connectivity index (χ4n) is 2.36. The van der Waals surface area contributed by atoms with Gasteiger partial charge in [0.1, 0.15) is 0 Å². The van der Waals surface area contributed by atoms with Gasteiger partial charge in [-0.2, -0.15) is 0 Å². The summed E-state index contributed by atoms with van der Waals surface area (Å²) in [5.41, 5.74) is 1.95. The van der Waals surface area contributed by atoms with Gasteiger partial charge in [0, 0.05) is 6.04 Å². The van der Waals surface area contributed by atoms with E-state index in [1.807, 2.05) is 31.2 Å². The highest BCUT2D eigenvalue weighted by Crippen LogP contribution is 2.19. The first-order valence-corrected chi connectivity index (χ1v) is 7.76. The molecule has 1 saturated carbocycles. The lowest BCUT2D eigenvalue weighted by Crippen LogP contribution is -2.33. The molecule has 94 valence electrons. The van der Waals surface area contributed by atoms with E-state index >= 15 is 0 Å². The Hall–Kier alpha value is -0.870. The van der Waals surface area contributed by atoms with Crippen LogP contribution in [0.15, 0.2) is 24.3 Å². The Balaban J connectivity index is 2.01. The fraction of sp³-hybridized carbons (Fsp3) is 0.538. The predicted octanol–water partition coefficient (Wildman–Crippen LogP) is 2.36. The smallest absolute Gasteiger partial charge is 0.212 e. The monoisotopic (exact) mass is 253 g/mol. The molecule has 0 aliphatic heterocycles. The topological polar surface area (TPSA) is 46.2 Å². The minimum absolute atomic E-state index is 0.0885. The first-order valence-electron chi connectivity index (χ1n) is 6.11. The van der Waals surface area contributed by atoms with Crippen LogP contribution in [-0.4, -0.2) is 14.5 Å². The van der Waals surface area contributed by atoms with E-state index in [2.05, 4.69) is 4.72 Å². The molecule has 1 aromatic carbocycles. The van der Waals surface area contributed by atoms with Gasteiger partial charge in [-0.1, -0.05) is 42.7 Å². The average Bonchev–Trinajstić information content (AvgIpc) is 2.68. The molecular formula is C13H19NO2S. The molecule has 0 bridgehead atoms. The van der Waals surface area contributed by atoms with Crippen molar-refractivity contribution < 1.29 is 8.42 Å². The van der Waals surface area contributed by atoms with Gasteiger partial charge in [-0.05, 0) is 25.3 Å². The second kappa shape index (κ2) is 5.19. The molecule has 3 nitrogen and oxygen atoms in total. The summed E-state index contributed by atoms with van der Waals surface area (Å²) in [6, 6.07) is 7.81. The molecule has 0 radical (unpaired) electrons. The number of hydrogen-bond donors (Lipinski definition) is 1. The Bertz CT molecular complexity index is 476. The van der Waals surface area contributed by atoms with Crippen LogP contribution < -0.4 is 4.72 Å². The Morgan fingerprint density at radius 1 is 1.29 bits per heavy atom. The maximum atomic E-state index is 12.0. The molecule has 1 aliphatic rings. The first-order chi connectivity index (χ1) is 8.05. The van der Waals surface area contributed by atoms with Gasteiger partial charge in [-0.15, -0.1) is 0 Å². The Morgan fingerprint density at radius 3 is 2.65 bits per heavy atom. The summed E-state index contributed by atoms with van der Waals surface area (Å²) in [5.74, 6) is 0.0885. The fourth-order valence-corrected chi connectivity index (χ4v) is 3.81. The van der Waals surface area contributed by atoms with E-state index < -0.39 is 10.0 Å². The minimum Gasteiger partial charge on any atom is -0.212 e. The molecule has 1 fully saturated rings. The Morgan fingerprint density at radius 2 is 2.00 bits per heavy atom.